The van der Waals surface area contributed by atoms with Gasteiger partial charge in [0.15, 0.2) is 0 Å². The number of carbonyl (C=O) groups is 1. The number of aromatic carboxylic acids is 1. The van der Waals surface area contributed by atoms with Crippen molar-refractivity contribution in [1.29, 1.82) is 10.5 Å². The molecule has 0 amide bonds. The molecule has 178 valence electrons. The zero-order chi connectivity index (χ0) is 24.9. The average Bonchev–Trinajstić information content (AvgIpc) is 3.36. The monoisotopic (exact) mass is 505 g/mol. The van der Waals surface area contributed by atoms with E-state index in [2.05, 4.69) is 17.1 Å². The predicted molar refractivity (Wildman–Crippen MR) is 134 cm³/mol. The van der Waals surface area contributed by atoms with Crippen LogP contribution in [0.2, 0.25) is 0 Å². The third kappa shape index (κ3) is 5.15. The van der Waals surface area contributed by atoms with Gasteiger partial charge in [0.2, 0.25) is 0 Å². The molecule has 1 atom stereocenters. The Balaban J connectivity index is 1.59. The predicted octanol–water partition coefficient (Wildman–Crippen LogP) is 4.98. The number of benzene rings is 1. The molecular formula is C25H23N5O3S2. The molecule has 0 spiro atoms. The summed E-state index contributed by atoms with van der Waals surface area (Å²) < 4.78 is 5.60. The second-order valence-corrected chi connectivity index (χ2v) is 9.89. The van der Waals surface area contributed by atoms with Gasteiger partial charge in [0, 0.05) is 29.2 Å². The highest BCUT2D eigenvalue weighted by Crippen LogP contribution is 2.38. The lowest BCUT2D eigenvalue weighted by molar-refractivity contribution is 0.0695. The molecule has 3 aromatic rings. The summed E-state index contributed by atoms with van der Waals surface area (Å²) in [6.07, 6.45) is 2.30. The topological polar surface area (TPSA) is 146 Å². The second kappa shape index (κ2) is 10.9. The zero-order valence-corrected chi connectivity index (χ0v) is 20.7. The molecule has 1 aliphatic heterocycles. The van der Waals surface area contributed by atoms with Crippen LogP contribution in [-0.4, -0.2) is 34.3 Å². The van der Waals surface area contributed by atoms with E-state index >= 15 is 0 Å². The third-order valence-electron chi connectivity index (χ3n) is 5.89. The van der Waals surface area contributed by atoms with Gasteiger partial charge in [-0.15, -0.1) is 11.3 Å². The van der Waals surface area contributed by atoms with Crippen molar-refractivity contribution in [2.45, 2.75) is 42.9 Å². The van der Waals surface area contributed by atoms with Crippen LogP contribution >= 0.6 is 23.1 Å². The Hall–Kier alpha value is -3.44. The highest BCUT2D eigenvalue weighted by atomic mass is 32.2. The van der Waals surface area contributed by atoms with E-state index in [-0.39, 0.29) is 17.3 Å². The van der Waals surface area contributed by atoms with Crippen molar-refractivity contribution in [2.75, 3.05) is 18.9 Å². The molecule has 1 fully saturated rings. The molecule has 0 aliphatic carbocycles. The minimum atomic E-state index is -0.939. The Bertz CT molecular complexity index is 1350. The first-order chi connectivity index (χ1) is 17.0. The van der Waals surface area contributed by atoms with Gasteiger partial charge in [-0.2, -0.15) is 10.5 Å². The van der Waals surface area contributed by atoms with E-state index in [0.717, 1.165) is 34.7 Å². The summed E-state index contributed by atoms with van der Waals surface area (Å²) in [6.45, 7) is 3.05. The first kappa shape index (κ1) is 24.7. The fourth-order valence-corrected chi connectivity index (χ4v) is 6.00. The Morgan fingerprint density at radius 1 is 1.31 bits per heavy atom. The molecule has 0 unspecified atom stereocenters. The number of pyridine rings is 1. The van der Waals surface area contributed by atoms with Gasteiger partial charge in [-0.3, -0.25) is 0 Å². The summed E-state index contributed by atoms with van der Waals surface area (Å²) in [5.41, 5.74) is 10.1. The molecule has 4 rings (SSSR count). The lowest BCUT2D eigenvalue weighted by Crippen LogP contribution is -2.19. The first-order valence-electron chi connectivity index (χ1n) is 11.1. The minimum Gasteiger partial charge on any atom is -0.478 e. The number of nitrogens with two attached hydrogens (primary N) is 1. The van der Waals surface area contributed by atoms with Crippen molar-refractivity contribution in [3.8, 4) is 22.7 Å². The number of rotatable bonds is 7. The first-order valence-corrected chi connectivity index (χ1v) is 13.0. The van der Waals surface area contributed by atoms with Crippen molar-refractivity contribution in [3.05, 3.63) is 57.1 Å². The standard InChI is InChI=1S/C25H23N5O3S2/c1-2-14-8-15(5-6-18(14)25(31)32)23-29-17(12-34-23)13-35-24-20(10-27)21(16-4-3-7-33-11-16)19(9-26)22(28)30-24/h5-6,8,12,16H,2-4,7,11,13H2,1H3,(H2,28,30)(H,31,32)/t16-/m0/s1. The van der Waals surface area contributed by atoms with E-state index in [1.54, 1.807) is 12.1 Å². The summed E-state index contributed by atoms with van der Waals surface area (Å²) in [6, 6.07) is 9.63. The van der Waals surface area contributed by atoms with Gasteiger partial charge in [0.05, 0.1) is 29.0 Å². The van der Waals surface area contributed by atoms with Crippen molar-refractivity contribution in [3.63, 3.8) is 0 Å². The molecule has 35 heavy (non-hydrogen) atoms. The van der Waals surface area contributed by atoms with Gasteiger partial charge in [0.1, 0.15) is 28.0 Å². The number of thiazole rings is 1. The zero-order valence-electron chi connectivity index (χ0n) is 19.1. The number of nitriles is 2. The van der Waals surface area contributed by atoms with Crippen molar-refractivity contribution in [2.24, 2.45) is 0 Å². The second-order valence-electron chi connectivity index (χ2n) is 8.07. The highest BCUT2D eigenvalue weighted by molar-refractivity contribution is 7.98. The van der Waals surface area contributed by atoms with Gasteiger partial charge >= 0.3 is 5.97 Å². The van der Waals surface area contributed by atoms with Gasteiger partial charge in [-0.05, 0) is 42.5 Å². The van der Waals surface area contributed by atoms with Crippen molar-refractivity contribution >= 4 is 34.9 Å². The molecule has 2 aromatic heterocycles. The van der Waals surface area contributed by atoms with Crippen LogP contribution in [0.4, 0.5) is 5.82 Å². The Morgan fingerprint density at radius 3 is 2.77 bits per heavy atom. The average molecular weight is 506 g/mol. The lowest BCUT2D eigenvalue weighted by Gasteiger charge is -2.25. The van der Waals surface area contributed by atoms with Crippen LogP contribution in [-0.2, 0) is 16.9 Å². The Kier molecular flexibility index (Phi) is 7.67. The summed E-state index contributed by atoms with van der Waals surface area (Å²) in [4.78, 5) is 20.5. The summed E-state index contributed by atoms with van der Waals surface area (Å²) in [5.74, 6) is -0.409. The lowest BCUT2D eigenvalue weighted by atomic mass is 9.88. The van der Waals surface area contributed by atoms with E-state index in [4.69, 9.17) is 15.5 Å². The normalized spacial score (nSPS) is 15.3. The molecular weight excluding hydrogens is 482 g/mol. The molecule has 8 nitrogen and oxygen atoms in total. The fourth-order valence-electron chi connectivity index (χ4n) is 4.18. The van der Waals surface area contributed by atoms with Gasteiger partial charge < -0.3 is 15.6 Å². The van der Waals surface area contributed by atoms with Crippen LogP contribution in [0.3, 0.4) is 0 Å². The van der Waals surface area contributed by atoms with Crippen LogP contribution < -0.4 is 5.73 Å². The number of anilines is 1. The number of carboxylic acids is 1. The third-order valence-corrected chi connectivity index (χ3v) is 7.84. The SMILES string of the molecule is CCc1cc(-c2nc(CSc3nc(N)c(C#N)c([C@H]4CCCOC4)c3C#N)cs2)ccc1C(=O)O. The Labute approximate surface area is 211 Å². The number of hydrogen-bond acceptors (Lipinski definition) is 9. The summed E-state index contributed by atoms with van der Waals surface area (Å²) in [7, 11) is 0. The van der Waals surface area contributed by atoms with Crippen LogP contribution in [0.25, 0.3) is 10.6 Å². The molecule has 3 heterocycles. The van der Waals surface area contributed by atoms with Crippen LogP contribution in [0.5, 0.6) is 0 Å². The summed E-state index contributed by atoms with van der Waals surface area (Å²) in [5, 5.41) is 32.2. The van der Waals surface area contributed by atoms with E-state index in [1.165, 1.54) is 23.1 Å². The van der Waals surface area contributed by atoms with Crippen molar-refractivity contribution < 1.29 is 14.6 Å². The maximum Gasteiger partial charge on any atom is 0.335 e. The van der Waals surface area contributed by atoms with Gasteiger partial charge in [-0.25, -0.2) is 14.8 Å². The van der Waals surface area contributed by atoms with E-state index in [1.807, 2.05) is 18.4 Å². The van der Waals surface area contributed by atoms with Gasteiger partial charge in [-0.1, -0.05) is 24.8 Å². The molecule has 1 saturated heterocycles. The van der Waals surface area contributed by atoms with E-state index in [0.29, 0.717) is 47.1 Å². The molecule has 0 radical (unpaired) electrons. The molecule has 1 aromatic carbocycles. The maximum absolute atomic E-state index is 11.4. The quantitative estimate of drug-likeness (QED) is 0.424. The number of nitrogen functional groups attached to an aromatic ring is 1. The number of hydrogen-bond donors (Lipinski definition) is 2. The van der Waals surface area contributed by atoms with Crippen LogP contribution in [0.1, 0.15) is 64.0 Å². The number of aromatic nitrogens is 2. The number of thioether (sulfide) groups is 1. The van der Waals surface area contributed by atoms with E-state index < -0.39 is 5.97 Å². The number of carboxylic acid groups (broad SMARTS) is 1. The summed E-state index contributed by atoms with van der Waals surface area (Å²) >= 11 is 2.84. The minimum absolute atomic E-state index is 0.0647. The highest BCUT2D eigenvalue weighted by Gasteiger charge is 2.27. The molecule has 0 saturated carbocycles. The number of ether oxygens (including phenoxy) is 1. The number of nitrogens with zero attached hydrogens (tertiary/aromatic N) is 4. The Morgan fingerprint density at radius 2 is 2.11 bits per heavy atom. The molecule has 1 aliphatic rings. The molecule has 0 bridgehead atoms. The van der Waals surface area contributed by atoms with Crippen LogP contribution in [0, 0.1) is 22.7 Å². The van der Waals surface area contributed by atoms with Crippen LogP contribution in [0.15, 0.2) is 28.6 Å². The maximum atomic E-state index is 11.4. The fraction of sp³-hybridized carbons (Fsp3) is 0.320. The molecule has 3 N–H and O–H groups in total. The molecule has 10 heteroatoms. The van der Waals surface area contributed by atoms with Gasteiger partial charge in [0.25, 0.3) is 0 Å². The van der Waals surface area contributed by atoms with E-state index in [9.17, 15) is 20.4 Å². The number of aryl methyl sites for hydroxylation is 1. The largest absolute Gasteiger partial charge is 0.478 e. The van der Waals surface area contributed by atoms with Crippen molar-refractivity contribution in [1.82, 2.24) is 9.97 Å². The smallest absolute Gasteiger partial charge is 0.335 e.